The summed E-state index contributed by atoms with van der Waals surface area (Å²) in [7, 11) is -3.55. The molecule has 1 aromatic rings. The highest BCUT2D eigenvalue weighted by Gasteiger charge is 2.24. The summed E-state index contributed by atoms with van der Waals surface area (Å²) in [6.07, 6.45) is 4.52. The Morgan fingerprint density at radius 1 is 1.45 bits per heavy atom. The van der Waals surface area contributed by atoms with E-state index in [1.165, 1.54) is 0 Å². The summed E-state index contributed by atoms with van der Waals surface area (Å²) in [5, 5.41) is 9.75. The maximum Gasteiger partial charge on any atom is 0.257 e. The van der Waals surface area contributed by atoms with Gasteiger partial charge in [-0.3, -0.25) is 5.10 Å². The van der Waals surface area contributed by atoms with E-state index in [2.05, 4.69) is 27.2 Å². The molecule has 0 aromatic carbocycles. The van der Waals surface area contributed by atoms with E-state index >= 15 is 0 Å². The number of aromatic amines is 1. The monoisotopic (exact) mass is 320 g/mol. The minimum atomic E-state index is -3.55. The van der Waals surface area contributed by atoms with Crippen molar-refractivity contribution >= 4 is 21.8 Å². The van der Waals surface area contributed by atoms with Gasteiger partial charge in [0.2, 0.25) is 0 Å². The van der Waals surface area contributed by atoms with Gasteiger partial charge < -0.3 is 5.32 Å². The van der Waals surface area contributed by atoms with E-state index in [0.717, 1.165) is 13.0 Å². The number of nitrogens with one attached hydrogen (secondary N) is 3. The quantitative estimate of drug-likeness (QED) is 0.598. The Hall–Kier alpha value is -0.570. The summed E-state index contributed by atoms with van der Waals surface area (Å²) in [6.45, 7) is 7.77. The van der Waals surface area contributed by atoms with Gasteiger partial charge in [0, 0.05) is 23.4 Å². The molecule has 0 aliphatic carbocycles. The van der Waals surface area contributed by atoms with Crippen molar-refractivity contribution in [3.63, 3.8) is 0 Å². The Morgan fingerprint density at radius 3 is 2.75 bits per heavy atom. The number of hydrogen-bond donors (Lipinski definition) is 3. The molecule has 8 heteroatoms. The van der Waals surface area contributed by atoms with Crippen LogP contribution in [0.4, 0.5) is 0 Å². The van der Waals surface area contributed by atoms with Crippen LogP contribution in [0.5, 0.6) is 0 Å². The molecule has 0 radical (unpaired) electrons. The van der Waals surface area contributed by atoms with Crippen molar-refractivity contribution in [1.82, 2.24) is 20.2 Å². The predicted molar refractivity (Wildman–Crippen MR) is 83.4 cm³/mol. The third-order valence-corrected chi connectivity index (χ3v) is 5.59. The lowest BCUT2D eigenvalue weighted by Gasteiger charge is -2.22. The van der Waals surface area contributed by atoms with Crippen LogP contribution in [0.1, 0.15) is 32.8 Å². The van der Waals surface area contributed by atoms with Gasteiger partial charge in [0.05, 0.1) is 6.20 Å². The van der Waals surface area contributed by atoms with Crippen molar-refractivity contribution < 1.29 is 8.42 Å². The van der Waals surface area contributed by atoms with Gasteiger partial charge in [-0.15, -0.1) is 0 Å². The second-order valence-electron chi connectivity index (χ2n) is 5.19. The van der Waals surface area contributed by atoms with Crippen molar-refractivity contribution in [3.8, 4) is 0 Å². The first-order valence-electron chi connectivity index (χ1n) is 6.60. The van der Waals surface area contributed by atoms with E-state index in [4.69, 9.17) is 0 Å². The average molecular weight is 320 g/mol. The van der Waals surface area contributed by atoms with Crippen LogP contribution < -0.4 is 10.0 Å². The largest absolute Gasteiger partial charge is 0.313 e. The molecular formula is C12H24N4O2S2. The average Bonchev–Trinajstić information content (AvgIpc) is 2.86. The standard InChI is InChI=1S/C12H24N4O2S2/c1-5-6-13-7-10-8-14-16-11(10)20(17,18)15-9-12(2,3)19-4/h8,13,15H,5-7,9H2,1-4H3,(H,14,16). The minimum absolute atomic E-state index is 0.145. The molecule has 6 nitrogen and oxygen atoms in total. The zero-order valence-corrected chi connectivity index (χ0v) is 14.1. The van der Waals surface area contributed by atoms with E-state index in [1.807, 2.05) is 20.1 Å². The predicted octanol–water partition coefficient (Wildman–Crippen LogP) is 1.33. The van der Waals surface area contributed by atoms with Gasteiger partial charge in [-0.1, -0.05) is 6.92 Å². The third-order valence-electron chi connectivity index (χ3n) is 2.93. The molecule has 3 N–H and O–H groups in total. The first-order valence-corrected chi connectivity index (χ1v) is 9.31. The van der Waals surface area contributed by atoms with E-state index < -0.39 is 10.0 Å². The number of hydrogen-bond acceptors (Lipinski definition) is 5. The molecule has 0 unspecified atom stereocenters. The van der Waals surface area contributed by atoms with Gasteiger partial charge in [0.25, 0.3) is 10.0 Å². The van der Waals surface area contributed by atoms with Gasteiger partial charge in [-0.2, -0.15) is 16.9 Å². The highest BCUT2D eigenvalue weighted by molar-refractivity contribution is 8.00. The van der Waals surface area contributed by atoms with E-state index in [-0.39, 0.29) is 9.77 Å². The van der Waals surface area contributed by atoms with Crippen LogP contribution in [-0.4, -0.2) is 42.7 Å². The number of rotatable bonds is 9. The van der Waals surface area contributed by atoms with Gasteiger partial charge in [0.15, 0.2) is 5.03 Å². The summed E-state index contributed by atoms with van der Waals surface area (Å²) in [5.74, 6) is 0. The molecule has 0 bridgehead atoms. The number of H-pyrrole nitrogens is 1. The topological polar surface area (TPSA) is 86.9 Å². The Bertz CT molecular complexity index is 511. The lowest BCUT2D eigenvalue weighted by atomic mass is 10.2. The Labute approximate surface area is 125 Å². The number of sulfonamides is 1. The second-order valence-corrected chi connectivity index (χ2v) is 8.41. The van der Waals surface area contributed by atoms with Crippen LogP contribution in [0.15, 0.2) is 11.2 Å². The summed E-state index contributed by atoms with van der Waals surface area (Å²) in [5.41, 5.74) is 0.660. The molecule has 0 spiro atoms. The van der Waals surface area contributed by atoms with Crippen LogP contribution in [0, 0.1) is 0 Å². The molecular weight excluding hydrogens is 296 g/mol. The highest BCUT2D eigenvalue weighted by Crippen LogP contribution is 2.21. The van der Waals surface area contributed by atoms with Crippen LogP contribution in [-0.2, 0) is 16.6 Å². The Balaban J connectivity index is 2.75. The molecule has 0 saturated carbocycles. The molecule has 0 aliphatic heterocycles. The fraction of sp³-hybridized carbons (Fsp3) is 0.750. The highest BCUT2D eigenvalue weighted by atomic mass is 32.2. The molecule has 116 valence electrons. The molecule has 20 heavy (non-hydrogen) atoms. The van der Waals surface area contributed by atoms with E-state index in [1.54, 1.807) is 18.0 Å². The van der Waals surface area contributed by atoms with Crippen LogP contribution in [0.25, 0.3) is 0 Å². The number of thioether (sulfide) groups is 1. The summed E-state index contributed by atoms with van der Waals surface area (Å²) in [6, 6.07) is 0. The van der Waals surface area contributed by atoms with Gasteiger partial charge >= 0.3 is 0 Å². The smallest absolute Gasteiger partial charge is 0.257 e. The lowest BCUT2D eigenvalue weighted by Crippen LogP contribution is -2.36. The van der Waals surface area contributed by atoms with Crippen molar-refractivity contribution in [2.45, 2.75) is 43.5 Å². The zero-order valence-electron chi connectivity index (χ0n) is 12.5. The van der Waals surface area contributed by atoms with E-state index in [9.17, 15) is 8.42 Å². The summed E-state index contributed by atoms with van der Waals surface area (Å²) in [4.78, 5) is 0. The first-order chi connectivity index (χ1) is 9.32. The molecule has 1 aromatic heterocycles. The molecule has 0 saturated heterocycles. The maximum absolute atomic E-state index is 12.3. The maximum atomic E-state index is 12.3. The van der Waals surface area contributed by atoms with Crippen LogP contribution in [0.2, 0.25) is 0 Å². The molecule has 0 fully saturated rings. The van der Waals surface area contributed by atoms with Crippen molar-refractivity contribution in [2.24, 2.45) is 0 Å². The van der Waals surface area contributed by atoms with Gasteiger partial charge in [-0.05, 0) is 33.1 Å². The van der Waals surface area contributed by atoms with Crippen molar-refractivity contribution in [2.75, 3.05) is 19.3 Å². The fourth-order valence-electron chi connectivity index (χ4n) is 1.47. The minimum Gasteiger partial charge on any atom is -0.313 e. The molecule has 0 amide bonds. The van der Waals surface area contributed by atoms with Crippen LogP contribution >= 0.6 is 11.8 Å². The van der Waals surface area contributed by atoms with E-state index in [0.29, 0.717) is 18.7 Å². The summed E-state index contributed by atoms with van der Waals surface area (Å²) >= 11 is 1.62. The molecule has 1 heterocycles. The SMILES string of the molecule is CCCNCc1cn[nH]c1S(=O)(=O)NCC(C)(C)SC. The molecule has 0 aliphatic rings. The number of aromatic nitrogens is 2. The van der Waals surface area contributed by atoms with Crippen LogP contribution in [0.3, 0.4) is 0 Å². The normalized spacial score (nSPS) is 12.8. The van der Waals surface area contributed by atoms with Crippen molar-refractivity contribution in [1.29, 1.82) is 0 Å². The molecule has 0 atom stereocenters. The zero-order chi connectivity index (χ0) is 15.2. The fourth-order valence-corrected chi connectivity index (χ4v) is 3.12. The number of nitrogens with zero attached hydrogens (tertiary/aromatic N) is 1. The third kappa shape index (κ3) is 5.08. The molecule has 1 rings (SSSR count). The van der Waals surface area contributed by atoms with Gasteiger partial charge in [-0.25, -0.2) is 13.1 Å². The Morgan fingerprint density at radius 2 is 2.15 bits per heavy atom. The second kappa shape index (κ2) is 7.44. The summed E-state index contributed by atoms with van der Waals surface area (Å²) < 4.78 is 27.1. The lowest BCUT2D eigenvalue weighted by molar-refractivity contribution is 0.563. The Kier molecular flexibility index (Phi) is 6.50. The van der Waals surface area contributed by atoms with Crippen molar-refractivity contribution in [3.05, 3.63) is 11.8 Å². The van der Waals surface area contributed by atoms with Gasteiger partial charge in [0.1, 0.15) is 0 Å². The first kappa shape index (κ1) is 17.5.